The van der Waals surface area contributed by atoms with Gasteiger partial charge in [-0.15, -0.1) is 0 Å². The minimum atomic E-state index is 0.453. The summed E-state index contributed by atoms with van der Waals surface area (Å²) in [5.41, 5.74) is 5.87. The zero-order valence-corrected chi connectivity index (χ0v) is 4.40. The third-order valence-electron chi connectivity index (χ3n) is 0.891. The Morgan fingerprint density at radius 2 is 2.57 bits per heavy atom. The van der Waals surface area contributed by atoms with Crippen LogP contribution in [-0.4, -0.2) is 19.4 Å². The normalized spacial score (nSPS) is 33.0. The molecule has 0 amide bonds. The molecule has 1 aliphatic heterocycles. The van der Waals surface area contributed by atoms with Crippen molar-refractivity contribution in [3.63, 3.8) is 0 Å². The van der Waals surface area contributed by atoms with E-state index in [2.05, 4.69) is 17.8 Å². The Hall–Kier alpha value is -0.120. The fraction of sp³-hybridized carbons (Fsp3) is 1.00. The lowest BCUT2D eigenvalue weighted by molar-refractivity contribution is 0.0436. The molecule has 0 aromatic carbocycles. The maximum atomic E-state index is 5.01. The van der Waals surface area contributed by atoms with E-state index in [1.54, 1.807) is 0 Å². The summed E-state index contributed by atoms with van der Waals surface area (Å²) >= 11 is 0. The molecular formula is C4H10N2O. The van der Waals surface area contributed by atoms with E-state index in [-0.39, 0.29) is 0 Å². The van der Waals surface area contributed by atoms with E-state index in [4.69, 9.17) is 4.74 Å². The van der Waals surface area contributed by atoms with E-state index < -0.39 is 0 Å². The molecule has 3 heteroatoms. The Balaban J connectivity index is 2.12. The minimum absolute atomic E-state index is 0.453. The molecule has 1 aliphatic rings. The third-order valence-corrected chi connectivity index (χ3v) is 0.891. The minimum Gasteiger partial charge on any atom is -0.363 e. The highest BCUT2D eigenvalue weighted by Gasteiger charge is 2.03. The lowest BCUT2D eigenvalue weighted by Crippen LogP contribution is -2.48. The molecule has 0 unspecified atom stereocenters. The van der Waals surface area contributed by atoms with Crippen LogP contribution in [-0.2, 0) is 4.74 Å². The first-order valence-corrected chi connectivity index (χ1v) is 2.46. The molecule has 0 saturated carbocycles. The summed E-state index contributed by atoms with van der Waals surface area (Å²) in [5, 5.41) is 0. The highest BCUT2D eigenvalue weighted by atomic mass is 16.5. The summed E-state index contributed by atoms with van der Waals surface area (Å²) in [7, 11) is 0. The largest absolute Gasteiger partial charge is 0.363 e. The molecular weight excluding hydrogens is 92.1 g/mol. The predicted octanol–water partition coefficient (Wildman–Crippen LogP) is -0.543. The second-order valence-corrected chi connectivity index (χ2v) is 1.74. The van der Waals surface area contributed by atoms with Crippen molar-refractivity contribution in [2.75, 3.05) is 13.3 Å². The molecule has 2 N–H and O–H groups in total. The smallest absolute Gasteiger partial charge is 0.109 e. The van der Waals surface area contributed by atoms with Crippen LogP contribution < -0.4 is 10.9 Å². The Morgan fingerprint density at radius 3 is 2.86 bits per heavy atom. The highest BCUT2D eigenvalue weighted by Crippen LogP contribution is 1.84. The molecule has 0 aromatic rings. The van der Waals surface area contributed by atoms with E-state index >= 15 is 0 Å². The summed E-state index contributed by atoms with van der Waals surface area (Å²) in [6.45, 7) is 3.50. The van der Waals surface area contributed by atoms with E-state index in [0.717, 1.165) is 6.61 Å². The molecule has 0 radical (unpaired) electrons. The first kappa shape index (κ1) is 5.03. The van der Waals surface area contributed by atoms with Crippen LogP contribution in [0.2, 0.25) is 0 Å². The van der Waals surface area contributed by atoms with Crippen LogP contribution in [0.1, 0.15) is 6.92 Å². The Labute approximate surface area is 43.0 Å². The first-order chi connectivity index (χ1) is 3.39. The molecule has 0 bridgehead atoms. The molecule has 1 fully saturated rings. The predicted molar refractivity (Wildman–Crippen MR) is 26.6 cm³/mol. The van der Waals surface area contributed by atoms with Gasteiger partial charge < -0.3 is 4.74 Å². The number of hydrogen-bond donors (Lipinski definition) is 2. The van der Waals surface area contributed by atoms with Crippen molar-refractivity contribution in [3.05, 3.63) is 0 Å². The summed E-state index contributed by atoms with van der Waals surface area (Å²) < 4.78 is 5.01. The standard InChI is InChI=1S/C4H10N2O/c1-4-2-7-3-5-6-4/h4-6H,2-3H2,1H3/t4-/m1/s1. The number of hydrazine groups is 1. The molecule has 42 valence electrons. The van der Waals surface area contributed by atoms with Crippen LogP contribution in [0.25, 0.3) is 0 Å². The second kappa shape index (κ2) is 2.26. The van der Waals surface area contributed by atoms with Gasteiger partial charge in [-0.25, -0.2) is 5.43 Å². The highest BCUT2D eigenvalue weighted by molar-refractivity contribution is 4.56. The molecule has 1 rings (SSSR count). The molecule has 0 spiro atoms. The van der Waals surface area contributed by atoms with Crippen molar-refractivity contribution in [1.29, 1.82) is 0 Å². The topological polar surface area (TPSA) is 33.3 Å². The van der Waals surface area contributed by atoms with Crippen molar-refractivity contribution < 1.29 is 4.74 Å². The van der Waals surface area contributed by atoms with Gasteiger partial charge in [-0.2, -0.15) is 0 Å². The second-order valence-electron chi connectivity index (χ2n) is 1.74. The molecule has 1 heterocycles. The van der Waals surface area contributed by atoms with E-state index in [1.165, 1.54) is 0 Å². The SMILES string of the molecule is C[C@@H]1COCNN1. The molecule has 0 aliphatic carbocycles. The summed E-state index contributed by atoms with van der Waals surface area (Å²) in [6, 6.07) is 0.453. The molecule has 0 aromatic heterocycles. The van der Waals surface area contributed by atoms with E-state index in [0.29, 0.717) is 12.8 Å². The maximum Gasteiger partial charge on any atom is 0.109 e. The van der Waals surface area contributed by atoms with Crippen LogP contribution in [0, 0.1) is 0 Å². The number of hydrogen-bond acceptors (Lipinski definition) is 3. The lowest BCUT2D eigenvalue weighted by Gasteiger charge is -2.20. The van der Waals surface area contributed by atoms with Crippen LogP contribution in [0.4, 0.5) is 0 Å². The van der Waals surface area contributed by atoms with Gasteiger partial charge in [0.25, 0.3) is 0 Å². The van der Waals surface area contributed by atoms with Crippen LogP contribution in [0.3, 0.4) is 0 Å². The van der Waals surface area contributed by atoms with Crippen molar-refractivity contribution in [2.45, 2.75) is 13.0 Å². The first-order valence-electron chi connectivity index (χ1n) is 2.46. The van der Waals surface area contributed by atoms with Crippen molar-refractivity contribution >= 4 is 0 Å². The van der Waals surface area contributed by atoms with Gasteiger partial charge in [0.15, 0.2) is 0 Å². The Morgan fingerprint density at radius 1 is 1.71 bits per heavy atom. The zero-order valence-electron chi connectivity index (χ0n) is 4.40. The average molecular weight is 102 g/mol. The summed E-state index contributed by atoms with van der Waals surface area (Å²) in [6.07, 6.45) is 0. The average Bonchev–Trinajstić information content (AvgIpc) is 1.69. The maximum absolute atomic E-state index is 5.01. The van der Waals surface area contributed by atoms with E-state index in [1.807, 2.05) is 0 Å². The van der Waals surface area contributed by atoms with Crippen molar-refractivity contribution in [1.82, 2.24) is 10.9 Å². The van der Waals surface area contributed by atoms with Gasteiger partial charge >= 0.3 is 0 Å². The van der Waals surface area contributed by atoms with Gasteiger partial charge in [-0.3, -0.25) is 5.43 Å². The van der Waals surface area contributed by atoms with Gasteiger partial charge in [0.2, 0.25) is 0 Å². The molecule has 3 nitrogen and oxygen atoms in total. The third kappa shape index (κ3) is 1.43. The fourth-order valence-corrected chi connectivity index (χ4v) is 0.544. The molecule has 1 atom stereocenters. The number of ether oxygens (including phenoxy) is 1. The van der Waals surface area contributed by atoms with Crippen LogP contribution in [0.5, 0.6) is 0 Å². The lowest BCUT2D eigenvalue weighted by atomic mass is 10.4. The van der Waals surface area contributed by atoms with Gasteiger partial charge in [0, 0.05) is 6.04 Å². The van der Waals surface area contributed by atoms with E-state index in [9.17, 15) is 0 Å². The quantitative estimate of drug-likeness (QED) is 0.431. The van der Waals surface area contributed by atoms with Crippen LogP contribution in [0.15, 0.2) is 0 Å². The van der Waals surface area contributed by atoms with Gasteiger partial charge in [-0.1, -0.05) is 0 Å². The fourth-order valence-electron chi connectivity index (χ4n) is 0.544. The Kier molecular flexibility index (Phi) is 1.62. The molecule has 7 heavy (non-hydrogen) atoms. The monoisotopic (exact) mass is 102 g/mol. The molecule has 1 saturated heterocycles. The summed E-state index contributed by atoms with van der Waals surface area (Å²) in [4.78, 5) is 0. The number of rotatable bonds is 0. The number of nitrogens with one attached hydrogen (secondary N) is 2. The van der Waals surface area contributed by atoms with Crippen molar-refractivity contribution in [2.24, 2.45) is 0 Å². The van der Waals surface area contributed by atoms with Gasteiger partial charge in [-0.05, 0) is 6.92 Å². The zero-order chi connectivity index (χ0) is 5.11. The van der Waals surface area contributed by atoms with Gasteiger partial charge in [0.05, 0.1) is 6.61 Å². The van der Waals surface area contributed by atoms with Crippen LogP contribution >= 0.6 is 0 Å². The van der Waals surface area contributed by atoms with Gasteiger partial charge in [0.1, 0.15) is 6.73 Å². The van der Waals surface area contributed by atoms with Crippen molar-refractivity contribution in [3.8, 4) is 0 Å². The Bertz CT molecular complexity index is 51.7. The summed E-state index contributed by atoms with van der Waals surface area (Å²) in [5.74, 6) is 0.